The second-order valence-electron chi connectivity index (χ2n) is 4.51. The third-order valence-corrected chi connectivity index (χ3v) is 3.14. The van der Waals surface area contributed by atoms with Gasteiger partial charge in [-0.2, -0.15) is 0 Å². The van der Waals surface area contributed by atoms with Gasteiger partial charge in [-0.15, -0.1) is 0 Å². The lowest BCUT2D eigenvalue weighted by Crippen LogP contribution is -2.00. The molecule has 0 amide bonds. The number of esters is 1. The third-order valence-electron chi connectivity index (χ3n) is 3.14. The maximum atomic E-state index is 11.5. The number of aromatic nitrogens is 2. The van der Waals surface area contributed by atoms with Gasteiger partial charge < -0.3 is 19.9 Å². The minimum absolute atomic E-state index is 0.0275. The second-order valence-corrected chi connectivity index (χ2v) is 4.51. The van der Waals surface area contributed by atoms with E-state index < -0.39 is 5.97 Å². The Hall–Kier alpha value is -3.02. The average molecular weight is 284 g/mol. The highest BCUT2D eigenvalue weighted by Gasteiger charge is 2.12. The fraction of sp³-hybridized carbons (Fsp3) is 0.0667. The van der Waals surface area contributed by atoms with Crippen LogP contribution < -0.4 is 0 Å². The Balaban J connectivity index is 2.10. The molecule has 0 atom stereocenters. The molecular weight excluding hydrogens is 272 g/mol. The lowest BCUT2D eigenvalue weighted by Gasteiger charge is -2.01. The maximum Gasteiger partial charge on any atom is 0.337 e. The minimum Gasteiger partial charge on any atom is -0.508 e. The Morgan fingerprint density at radius 2 is 2.00 bits per heavy atom. The van der Waals surface area contributed by atoms with Gasteiger partial charge in [0.2, 0.25) is 0 Å². The van der Waals surface area contributed by atoms with E-state index in [0.29, 0.717) is 28.0 Å². The first-order valence-electron chi connectivity index (χ1n) is 6.19. The minimum atomic E-state index is -0.430. The summed E-state index contributed by atoms with van der Waals surface area (Å²) in [7, 11) is 1.32. The number of nitrogens with zero attached hydrogens (tertiary/aromatic N) is 1. The van der Waals surface area contributed by atoms with E-state index in [2.05, 4.69) is 14.7 Å². The summed E-state index contributed by atoms with van der Waals surface area (Å²) in [5.74, 6) is -0.0902. The number of aromatic amines is 1. The molecule has 0 saturated carbocycles. The first-order valence-corrected chi connectivity index (χ1v) is 6.19. The van der Waals surface area contributed by atoms with Crippen LogP contribution in [0, 0.1) is 0 Å². The largest absolute Gasteiger partial charge is 0.508 e. The smallest absolute Gasteiger partial charge is 0.337 e. The van der Waals surface area contributed by atoms with E-state index in [4.69, 9.17) is 0 Å². The molecule has 0 aliphatic rings. The van der Waals surface area contributed by atoms with Crippen LogP contribution in [0.4, 0.5) is 0 Å². The van der Waals surface area contributed by atoms with Crippen LogP contribution in [-0.2, 0) is 4.74 Å². The highest BCUT2D eigenvalue weighted by Crippen LogP contribution is 2.31. The van der Waals surface area contributed by atoms with Gasteiger partial charge in [-0.3, -0.25) is 0 Å². The lowest BCUT2D eigenvalue weighted by atomic mass is 10.2. The maximum absolute atomic E-state index is 11.5. The number of hydrogen-bond acceptors (Lipinski definition) is 5. The van der Waals surface area contributed by atoms with Gasteiger partial charge in [0.25, 0.3) is 0 Å². The Bertz CT molecular complexity index is 839. The first-order chi connectivity index (χ1) is 10.1. The van der Waals surface area contributed by atoms with Crippen molar-refractivity contribution < 1.29 is 19.7 Å². The van der Waals surface area contributed by atoms with Crippen molar-refractivity contribution >= 4 is 17.0 Å². The molecule has 0 aliphatic heterocycles. The quantitative estimate of drug-likeness (QED) is 0.628. The molecule has 3 N–H and O–H groups in total. The van der Waals surface area contributed by atoms with Gasteiger partial charge in [-0.25, -0.2) is 9.78 Å². The van der Waals surface area contributed by atoms with E-state index in [-0.39, 0.29) is 11.5 Å². The summed E-state index contributed by atoms with van der Waals surface area (Å²) in [5.41, 5.74) is 2.18. The molecular formula is C15H12N2O4. The second kappa shape index (κ2) is 4.82. The summed E-state index contributed by atoms with van der Waals surface area (Å²) in [6.07, 6.45) is 0. The van der Waals surface area contributed by atoms with Crippen molar-refractivity contribution in [2.75, 3.05) is 7.11 Å². The Morgan fingerprint density at radius 1 is 1.19 bits per heavy atom. The van der Waals surface area contributed by atoms with Gasteiger partial charge in [-0.1, -0.05) is 0 Å². The van der Waals surface area contributed by atoms with Gasteiger partial charge in [0.05, 0.1) is 29.3 Å². The summed E-state index contributed by atoms with van der Waals surface area (Å²) in [6, 6.07) is 9.21. The molecule has 0 unspecified atom stereocenters. The van der Waals surface area contributed by atoms with Crippen LogP contribution in [-0.4, -0.2) is 33.3 Å². The number of ether oxygens (including phenoxy) is 1. The average Bonchev–Trinajstić information content (AvgIpc) is 2.88. The fourth-order valence-electron chi connectivity index (χ4n) is 2.10. The van der Waals surface area contributed by atoms with Gasteiger partial charge in [0, 0.05) is 6.07 Å². The topological polar surface area (TPSA) is 95.4 Å². The summed E-state index contributed by atoms with van der Waals surface area (Å²) in [6.45, 7) is 0. The Morgan fingerprint density at radius 3 is 2.71 bits per heavy atom. The van der Waals surface area contributed by atoms with Gasteiger partial charge >= 0.3 is 5.97 Å². The van der Waals surface area contributed by atoms with Crippen molar-refractivity contribution in [1.29, 1.82) is 0 Å². The summed E-state index contributed by atoms with van der Waals surface area (Å²) in [4.78, 5) is 18.9. The molecule has 0 bridgehead atoms. The molecule has 106 valence electrons. The van der Waals surface area contributed by atoms with E-state index in [9.17, 15) is 15.0 Å². The van der Waals surface area contributed by atoms with Crippen LogP contribution in [0.1, 0.15) is 10.4 Å². The predicted molar refractivity (Wildman–Crippen MR) is 76.2 cm³/mol. The zero-order valence-corrected chi connectivity index (χ0v) is 11.1. The number of imidazole rings is 1. The van der Waals surface area contributed by atoms with Crippen LogP contribution >= 0.6 is 0 Å². The van der Waals surface area contributed by atoms with E-state index in [1.807, 2.05) is 0 Å². The van der Waals surface area contributed by atoms with Crippen molar-refractivity contribution in [3.8, 4) is 22.9 Å². The lowest BCUT2D eigenvalue weighted by molar-refractivity contribution is 0.0601. The van der Waals surface area contributed by atoms with E-state index in [1.54, 1.807) is 24.3 Å². The zero-order valence-electron chi connectivity index (χ0n) is 11.1. The normalized spacial score (nSPS) is 10.7. The number of carbonyl (C=O) groups is 1. The van der Waals surface area contributed by atoms with Crippen molar-refractivity contribution in [1.82, 2.24) is 9.97 Å². The molecule has 6 heteroatoms. The number of H-pyrrole nitrogens is 1. The van der Waals surface area contributed by atoms with Crippen LogP contribution in [0.2, 0.25) is 0 Å². The van der Waals surface area contributed by atoms with Crippen LogP contribution in [0.5, 0.6) is 11.5 Å². The summed E-state index contributed by atoms with van der Waals surface area (Å²) >= 11 is 0. The number of methoxy groups -OCH3 is 1. The zero-order chi connectivity index (χ0) is 15.0. The molecule has 0 aliphatic carbocycles. The number of phenols is 2. The summed E-state index contributed by atoms with van der Waals surface area (Å²) in [5, 5.41) is 19.2. The molecule has 0 spiro atoms. The molecule has 1 aromatic heterocycles. The molecule has 0 fully saturated rings. The molecule has 6 nitrogen and oxygen atoms in total. The van der Waals surface area contributed by atoms with Crippen molar-refractivity contribution in [2.45, 2.75) is 0 Å². The summed E-state index contributed by atoms with van der Waals surface area (Å²) < 4.78 is 4.67. The van der Waals surface area contributed by atoms with Crippen LogP contribution in [0.15, 0.2) is 36.4 Å². The number of nitrogens with one attached hydrogen (secondary N) is 1. The van der Waals surface area contributed by atoms with Crippen molar-refractivity contribution in [3.05, 3.63) is 42.0 Å². The fourth-order valence-corrected chi connectivity index (χ4v) is 2.10. The van der Waals surface area contributed by atoms with E-state index in [1.165, 1.54) is 19.2 Å². The SMILES string of the molecule is COC(=O)c1ccc2nc(-c3ccc(O)cc3O)[nH]c2c1. The Labute approximate surface area is 119 Å². The van der Waals surface area contributed by atoms with E-state index >= 15 is 0 Å². The van der Waals surface area contributed by atoms with Crippen LogP contribution in [0.3, 0.4) is 0 Å². The van der Waals surface area contributed by atoms with Crippen molar-refractivity contribution in [2.24, 2.45) is 0 Å². The standard InChI is InChI=1S/C15H12N2O4/c1-21-15(20)8-2-5-11-12(6-8)17-14(16-11)10-4-3-9(18)7-13(10)19/h2-7,18-19H,1H3,(H,16,17). The predicted octanol–water partition coefficient (Wildman–Crippen LogP) is 2.43. The van der Waals surface area contributed by atoms with Gasteiger partial charge in [-0.05, 0) is 30.3 Å². The number of carbonyl (C=O) groups excluding carboxylic acids is 1. The number of hydrogen-bond donors (Lipinski definition) is 3. The molecule has 3 aromatic rings. The van der Waals surface area contributed by atoms with Crippen LogP contribution in [0.25, 0.3) is 22.4 Å². The Kier molecular flexibility index (Phi) is 2.98. The van der Waals surface area contributed by atoms with Gasteiger partial charge in [0.15, 0.2) is 0 Å². The number of benzene rings is 2. The highest BCUT2D eigenvalue weighted by atomic mass is 16.5. The number of rotatable bonds is 2. The highest BCUT2D eigenvalue weighted by molar-refractivity contribution is 5.94. The molecule has 2 aromatic carbocycles. The third kappa shape index (κ3) is 2.27. The number of aromatic hydroxyl groups is 2. The molecule has 0 radical (unpaired) electrons. The number of fused-ring (bicyclic) bond motifs is 1. The molecule has 3 rings (SSSR count). The number of phenolic OH excluding ortho intramolecular Hbond substituents is 2. The molecule has 1 heterocycles. The van der Waals surface area contributed by atoms with Gasteiger partial charge in [0.1, 0.15) is 17.3 Å². The van der Waals surface area contributed by atoms with E-state index in [0.717, 1.165) is 0 Å². The molecule has 21 heavy (non-hydrogen) atoms. The first kappa shape index (κ1) is 13.0. The molecule has 0 saturated heterocycles. The monoisotopic (exact) mass is 284 g/mol. The van der Waals surface area contributed by atoms with Crippen molar-refractivity contribution in [3.63, 3.8) is 0 Å².